The molecule has 1 N–H and O–H groups in total. The van der Waals surface area contributed by atoms with E-state index in [1.807, 2.05) is 5.51 Å². The first-order valence-electron chi connectivity index (χ1n) is 7.56. The van der Waals surface area contributed by atoms with Crippen molar-refractivity contribution in [3.63, 3.8) is 0 Å². The molecule has 0 atom stereocenters. The lowest BCUT2D eigenvalue weighted by Gasteiger charge is -2.04. The third-order valence-corrected chi connectivity index (χ3v) is 4.54. The van der Waals surface area contributed by atoms with Gasteiger partial charge in [-0.05, 0) is 39.2 Å². The summed E-state index contributed by atoms with van der Waals surface area (Å²) in [6.07, 6.45) is 8.95. The third-order valence-electron chi connectivity index (χ3n) is 3.54. The third kappa shape index (κ3) is 6.50. The smallest absolute Gasteiger partial charge is 0.0797 e. The largest absolute Gasteiger partial charge is 0.381 e. The van der Waals surface area contributed by atoms with Crippen molar-refractivity contribution in [2.45, 2.75) is 57.9 Å². The highest BCUT2D eigenvalue weighted by Gasteiger charge is 2.19. The van der Waals surface area contributed by atoms with Crippen LogP contribution in [0.5, 0.6) is 0 Å². The number of aromatic nitrogens is 1. The molecule has 19 heavy (non-hydrogen) atoms. The van der Waals surface area contributed by atoms with Gasteiger partial charge in [0.2, 0.25) is 0 Å². The van der Waals surface area contributed by atoms with Crippen LogP contribution < -0.4 is 5.32 Å². The predicted octanol–water partition coefficient (Wildman–Crippen LogP) is 3.32. The molecule has 1 saturated carbocycles. The molecule has 2 rings (SSSR count). The molecule has 0 saturated heterocycles. The Morgan fingerprint density at radius 1 is 1.26 bits per heavy atom. The molecular formula is C15H26N2OS. The molecule has 1 aromatic rings. The molecule has 1 heterocycles. The van der Waals surface area contributed by atoms with Gasteiger partial charge in [-0.15, -0.1) is 11.3 Å². The van der Waals surface area contributed by atoms with Crippen LogP contribution in [0.15, 0.2) is 5.51 Å². The number of aryl methyl sites for hydroxylation is 1. The van der Waals surface area contributed by atoms with Gasteiger partial charge in [0, 0.05) is 23.9 Å². The van der Waals surface area contributed by atoms with Gasteiger partial charge in [0.15, 0.2) is 0 Å². The maximum absolute atomic E-state index is 5.68. The van der Waals surface area contributed by atoms with Crippen LogP contribution in [0.1, 0.15) is 49.1 Å². The second-order valence-corrected chi connectivity index (χ2v) is 6.31. The van der Waals surface area contributed by atoms with E-state index in [9.17, 15) is 0 Å². The molecule has 108 valence electrons. The predicted molar refractivity (Wildman–Crippen MR) is 80.9 cm³/mol. The summed E-state index contributed by atoms with van der Waals surface area (Å²) in [5.74, 6) is 0. The molecule has 0 spiro atoms. The van der Waals surface area contributed by atoms with Gasteiger partial charge in [0.1, 0.15) is 0 Å². The number of thiazole rings is 1. The van der Waals surface area contributed by atoms with Crippen molar-refractivity contribution in [2.24, 2.45) is 0 Å². The Morgan fingerprint density at radius 3 is 2.84 bits per heavy atom. The molecule has 0 aromatic carbocycles. The minimum absolute atomic E-state index is 0.840. The Kier molecular flexibility index (Phi) is 6.82. The van der Waals surface area contributed by atoms with Crippen LogP contribution in [-0.2, 0) is 11.2 Å². The first kappa shape index (κ1) is 14.9. The molecule has 1 aliphatic rings. The summed E-state index contributed by atoms with van der Waals surface area (Å²) < 4.78 is 5.68. The zero-order chi connectivity index (χ0) is 13.3. The van der Waals surface area contributed by atoms with Crippen LogP contribution in [0.4, 0.5) is 0 Å². The fourth-order valence-corrected chi connectivity index (χ4v) is 2.87. The van der Waals surface area contributed by atoms with E-state index in [0.717, 1.165) is 31.4 Å². The highest BCUT2D eigenvalue weighted by atomic mass is 32.1. The maximum atomic E-state index is 5.68. The van der Waals surface area contributed by atoms with Gasteiger partial charge in [-0.1, -0.05) is 12.8 Å². The number of hydrogen-bond donors (Lipinski definition) is 1. The minimum atomic E-state index is 0.840. The van der Waals surface area contributed by atoms with Gasteiger partial charge in [-0.2, -0.15) is 0 Å². The average Bonchev–Trinajstić information content (AvgIpc) is 3.15. The van der Waals surface area contributed by atoms with E-state index in [1.165, 1.54) is 49.9 Å². The average molecular weight is 282 g/mol. The van der Waals surface area contributed by atoms with E-state index in [0.29, 0.717) is 0 Å². The summed E-state index contributed by atoms with van der Waals surface area (Å²) >= 11 is 1.74. The van der Waals surface area contributed by atoms with Crippen LogP contribution >= 0.6 is 11.3 Å². The number of hydrogen-bond acceptors (Lipinski definition) is 4. The van der Waals surface area contributed by atoms with E-state index in [-0.39, 0.29) is 0 Å². The zero-order valence-electron chi connectivity index (χ0n) is 12.0. The normalized spacial score (nSPS) is 15.0. The van der Waals surface area contributed by atoms with E-state index < -0.39 is 0 Å². The van der Waals surface area contributed by atoms with Gasteiger partial charge in [0.25, 0.3) is 0 Å². The SMILES string of the molecule is Cc1ncsc1CCOCCCCCCNC1CC1. The number of unbranched alkanes of at least 4 members (excludes halogenated alkanes) is 3. The van der Waals surface area contributed by atoms with Crippen LogP contribution in [0.25, 0.3) is 0 Å². The fraction of sp³-hybridized carbons (Fsp3) is 0.800. The molecule has 0 amide bonds. The molecule has 0 unspecified atom stereocenters. The number of ether oxygens (including phenoxy) is 1. The molecule has 1 aromatic heterocycles. The molecule has 0 aliphatic heterocycles. The summed E-state index contributed by atoms with van der Waals surface area (Å²) in [6.45, 7) is 5.03. The monoisotopic (exact) mass is 282 g/mol. The Bertz CT molecular complexity index is 350. The van der Waals surface area contributed by atoms with Gasteiger partial charge in [0.05, 0.1) is 17.8 Å². The molecule has 0 radical (unpaired) electrons. The van der Waals surface area contributed by atoms with Crippen LogP contribution in [0, 0.1) is 6.92 Å². The topological polar surface area (TPSA) is 34.1 Å². The van der Waals surface area contributed by atoms with Gasteiger partial charge in [-0.25, -0.2) is 4.98 Å². The number of rotatable bonds is 11. The first-order valence-corrected chi connectivity index (χ1v) is 8.44. The maximum Gasteiger partial charge on any atom is 0.0797 e. The second kappa shape index (κ2) is 8.67. The van der Waals surface area contributed by atoms with Crippen molar-refractivity contribution in [1.29, 1.82) is 0 Å². The van der Waals surface area contributed by atoms with E-state index in [1.54, 1.807) is 11.3 Å². The summed E-state index contributed by atoms with van der Waals surface area (Å²) in [5.41, 5.74) is 3.08. The molecule has 4 heteroatoms. The zero-order valence-corrected chi connectivity index (χ0v) is 12.8. The standard InChI is InChI=1S/C15H26N2OS/c1-13-15(19-12-17-13)8-11-18-10-5-3-2-4-9-16-14-6-7-14/h12,14,16H,2-11H2,1H3. The first-order chi connectivity index (χ1) is 9.36. The van der Waals surface area contributed by atoms with E-state index in [2.05, 4.69) is 17.2 Å². The highest BCUT2D eigenvalue weighted by Crippen LogP contribution is 2.18. The van der Waals surface area contributed by atoms with Crippen molar-refractivity contribution >= 4 is 11.3 Å². The summed E-state index contributed by atoms with van der Waals surface area (Å²) in [5, 5.41) is 3.55. The van der Waals surface area contributed by atoms with Crippen LogP contribution in [0.2, 0.25) is 0 Å². The quantitative estimate of drug-likeness (QED) is 0.632. The Morgan fingerprint density at radius 2 is 2.11 bits per heavy atom. The number of nitrogens with one attached hydrogen (secondary N) is 1. The number of nitrogens with zero attached hydrogens (tertiary/aromatic N) is 1. The van der Waals surface area contributed by atoms with Crippen LogP contribution in [-0.4, -0.2) is 30.8 Å². The van der Waals surface area contributed by atoms with Crippen molar-refractivity contribution in [1.82, 2.24) is 10.3 Å². The van der Waals surface area contributed by atoms with Crippen molar-refractivity contribution < 1.29 is 4.74 Å². The molecular weight excluding hydrogens is 256 g/mol. The van der Waals surface area contributed by atoms with E-state index in [4.69, 9.17) is 4.74 Å². The fourth-order valence-electron chi connectivity index (χ4n) is 2.11. The summed E-state index contributed by atoms with van der Waals surface area (Å²) in [7, 11) is 0. The van der Waals surface area contributed by atoms with E-state index >= 15 is 0 Å². The molecule has 0 bridgehead atoms. The van der Waals surface area contributed by atoms with Crippen LogP contribution in [0.3, 0.4) is 0 Å². The summed E-state index contributed by atoms with van der Waals surface area (Å²) in [4.78, 5) is 5.61. The summed E-state index contributed by atoms with van der Waals surface area (Å²) in [6, 6.07) is 0.860. The van der Waals surface area contributed by atoms with Gasteiger partial charge in [-0.3, -0.25) is 0 Å². The molecule has 3 nitrogen and oxygen atoms in total. The Balaban J connectivity index is 1.33. The molecule has 1 fully saturated rings. The minimum Gasteiger partial charge on any atom is -0.381 e. The van der Waals surface area contributed by atoms with Crippen molar-refractivity contribution in [2.75, 3.05) is 19.8 Å². The van der Waals surface area contributed by atoms with Gasteiger partial charge < -0.3 is 10.1 Å². The van der Waals surface area contributed by atoms with Crippen molar-refractivity contribution in [3.8, 4) is 0 Å². The lowest BCUT2D eigenvalue weighted by atomic mass is 10.2. The van der Waals surface area contributed by atoms with Gasteiger partial charge >= 0.3 is 0 Å². The Hall–Kier alpha value is -0.450. The lowest BCUT2D eigenvalue weighted by molar-refractivity contribution is 0.133. The second-order valence-electron chi connectivity index (χ2n) is 5.37. The Labute approximate surface area is 120 Å². The van der Waals surface area contributed by atoms with Crippen molar-refractivity contribution in [3.05, 3.63) is 16.1 Å². The lowest BCUT2D eigenvalue weighted by Crippen LogP contribution is -2.17. The highest BCUT2D eigenvalue weighted by molar-refractivity contribution is 7.09. The molecule has 1 aliphatic carbocycles.